The molecule has 148 valence electrons. The fourth-order valence-electron chi connectivity index (χ4n) is 1.45. The van der Waals surface area contributed by atoms with Crippen LogP contribution in [0, 0.1) is 0 Å². The molecule has 0 saturated heterocycles. The highest BCUT2D eigenvalue weighted by atomic mass is 16.2. The first-order valence-corrected chi connectivity index (χ1v) is 8.23. The van der Waals surface area contributed by atoms with Gasteiger partial charge in [-0.25, -0.2) is 0 Å². The lowest BCUT2D eigenvalue weighted by Crippen LogP contribution is -2.04. The molecule has 0 saturated carbocycles. The number of carbonyl (C=O) groups excluding carboxylic acids is 2. The minimum absolute atomic E-state index is 0.0359. The summed E-state index contributed by atoms with van der Waals surface area (Å²) >= 11 is 0. The number of hydrogen-bond acceptors (Lipinski definition) is 2. The van der Waals surface area contributed by atoms with Crippen molar-refractivity contribution in [3.8, 4) is 0 Å². The van der Waals surface area contributed by atoms with Gasteiger partial charge in [0.15, 0.2) is 0 Å². The SMILES string of the molecule is CC.CC.CC(=O)Nc1ccccc1.CC(=O)Nc1ccccc1.[2H]C.[2H]C. The van der Waals surface area contributed by atoms with Gasteiger partial charge in [-0.15, -0.1) is 0 Å². The number of anilines is 2. The summed E-state index contributed by atoms with van der Waals surface area (Å²) in [5.41, 5.74) is 1.69. The predicted molar refractivity (Wildman–Crippen MR) is 118 cm³/mol. The van der Waals surface area contributed by atoms with Crippen LogP contribution in [0.5, 0.6) is 0 Å². The van der Waals surface area contributed by atoms with Gasteiger partial charge in [-0.3, -0.25) is 9.59 Å². The molecule has 26 heavy (non-hydrogen) atoms. The molecule has 0 spiro atoms. The second kappa shape index (κ2) is 22.4. The smallest absolute Gasteiger partial charge is 0.221 e. The summed E-state index contributed by atoms with van der Waals surface area (Å²) < 4.78 is 11.5. The van der Waals surface area contributed by atoms with Crippen molar-refractivity contribution >= 4 is 23.2 Å². The Morgan fingerprint density at radius 2 is 0.885 bits per heavy atom. The molecular weight excluding hydrogens is 324 g/mol. The molecule has 0 unspecified atom stereocenters. The summed E-state index contributed by atoms with van der Waals surface area (Å²) in [4.78, 5) is 21.0. The summed E-state index contributed by atoms with van der Waals surface area (Å²) in [6.45, 7) is 11.0. The molecule has 0 aliphatic heterocycles. The number of hydrogen-bond donors (Lipinski definition) is 2. The van der Waals surface area contributed by atoms with Gasteiger partial charge in [-0.2, -0.15) is 0 Å². The van der Waals surface area contributed by atoms with Gasteiger partial charge < -0.3 is 10.6 Å². The number of nitrogens with one attached hydrogen (secondary N) is 2. The largest absolute Gasteiger partial charge is 0.326 e. The Kier molecular flexibility index (Phi) is 22.1. The molecule has 0 atom stereocenters. The van der Waals surface area contributed by atoms with E-state index < -0.39 is 0 Å². The maximum absolute atomic E-state index is 10.5. The van der Waals surface area contributed by atoms with Gasteiger partial charge in [0.1, 0.15) is 0 Å². The molecule has 4 heteroatoms. The highest BCUT2D eigenvalue weighted by Gasteiger charge is 1.90. The Morgan fingerprint density at radius 3 is 1.08 bits per heavy atom. The molecule has 2 rings (SSSR count). The second-order valence-corrected chi connectivity index (χ2v) is 4.09. The highest BCUT2D eigenvalue weighted by Crippen LogP contribution is 2.04. The molecule has 0 bridgehead atoms. The Morgan fingerprint density at radius 1 is 0.654 bits per heavy atom. The van der Waals surface area contributed by atoms with Gasteiger partial charge in [0, 0.05) is 28.0 Å². The fourth-order valence-corrected chi connectivity index (χ4v) is 1.45. The zero-order valence-electron chi connectivity index (χ0n) is 19.6. The molecule has 2 aromatic rings. The van der Waals surface area contributed by atoms with Crippen LogP contribution < -0.4 is 10.6 Å². The number of carbonyl (C=O) groups is 2. The van der Waals surface area contributed by atoms with E-state index in [0.29, 0.717) is 0 Å². The van der Waals surface area contributed by atoms with Crippen LogP contribution in [0.25, 0.3) is 0 Å². The van der Waals surface area contributed by atoms with E-state index in [2.05, 4.69) is 10.6 Å². The third kappa shape index (κ3) is 19.4. The van der Waals surface area contributed by atoms with Crippen LogP contribution in [-0.2, 0) is 9.59 Å². The van der Waals surface area contributed by atoms with Crippen molar-refractivity contribution in [1.82, 2.24) is 0 Å². The number of benzene rings is 2. The molecule has 0 radical (unpaired) electrons. The molecule has 4 nitrogen and oxygen atoms in total. The predicted octanol–water partition coefficient (Wildman–Crippen LogP) is 6.61. The Labute approximate surface area is 163 Å². The van der Waals surface area contributed by atoms with Crippen molar-refractivity contribution in [3.63, 3.8) is 0 Å². The first kappa shape index (κ1) is 25.6. The molecule has 2 amide bonds. The van der Waals surface area contributed by atoms with Gasteiger partial charge in [0.2, 0.25) is 11.8 Å². The van der Waals surface area contributed by atoms with E-state index in [1.807, 2.05) is 88.4 Å². The van der Waals surface area contributed by atoms with Gasteiger partial charge >= 0.3 is 0 Å². The van der Waals surface area contributed by atoms with Crippen molar-refractivity contribution in [2.75, 3.05) is 10.6 Å². The summed E-state index contributed by atoms with van der Waals surface area (Å²) in [5, 5.41) is 5.33. The fraction of sp³-hybridized carbons (Fsp3) is 0.364. The number of amides is 2. The lowest BCUT2D eigenvalue weighted by molar-refractivity contribution is -0.115. The van der Waals surface area contributed by atoms with Crippen LogP contribution >= 0.6 is 0 Å². The van der Waals surface area contributed by atoms with E-state index in [4.69, 9.17) is 2.74 Å². The third-order valence-electron chi connectivity index (χ3n) is 2.19. The molecule has 0 aliphatic rings. The van der Waals surface area contributed by atoms with Crippen LogP contribution in [-0.4, -0.2) is 11.8 Å². The highest BCUT2D eigenvalue weighted by molar-refractivity contribution is 5.88. The van der Waals surface area contributed by atoms with Crippen molar-refractivity contribution in [3.05, 3.63) is 60.7 Å². The minimum atomic E-state index is -0.0359. The summed E-state index contributed by atoms with van der Waals surface area (Å²) in [7, 11) is 2.50. The third-order valence-corrected chi connectivity index (χ3v) is 2.19. The summed E-state index contributed by atoms with van der Waals surface area (Å²) in [6.07, 6.45) is 0. The second-order valence-electron chi connectivity index (χ2n) is 4.09. The van der Waals surface area contributed by atoms with E-state index in [-0.39, 0.29) is 11.8 Å². The van der Waals surface area contributed by atoms with Crippen LogP contribution in [0.3, 0.4) is 0 Å². The summed E-state index contributed by atoms with van der Waals surface area (Å²) in [6, 6.07) is 18.7. The molecule has 0 aromatic heterocycles. The van der Waals surface area contributed by atoms with Crippen LogP contribution in [0.1, 0.15) is 59.1 Å². The van der Waals surface area contributed by atoms with Crippen LogP contribution in [0.4, 0.5) is 11.4 Å². The van der Waals surface area contributed by atoms with Crippen molar-refractivity contribution in [2.45, 2.75) is 56.3 Å². The topological polar surface area (TPSA) is 58.2 Å². The van der Waals surface area contributed by atoms with E-state index >= 15 is 0 Å². The van der Waals surface area contributed by atoms with Gasteiger partial charge in [0.05, 0.1) is 0 Å². The summed E-state index contributed by atoms with van der Waals surface area (Å²) in [5.74, 6) is -0.0719. The lowest BCUT2D eigenvalue weighted by atomic mass is 10.3. The van der Waals surface area contributed by atoms with E-state index in [0.717, 1.165) is 11.4 Å². The molecule has 2 aromatic carbocycles. The zero-order valence-corrected chi connectivity index (χ0v) is 17.6. The lowest BCUT2D eigenvalue weighted by Gasteiger charge is -1.98. The molecule has 2 N–H and O–H groups in total. The zero-order chi connectivity index (χ0) is 22.8. The first-order chi connectivity index (χ1) is 13.6. The molecule has 0 aliphatic carbocycles. The van der Waals surface area contributed by atoms with Crippen molar-refractivity contribution < 1.29 is 12.3 Å². The number of rotatable bonds is 2. The van der Waals surface area contributed by atoms with Gasteiger partial charge in [-0.05, 0) is 24.3 Å². The molecular formula is C22H38N2O2. The van der Waals surface area contributed by atoms with E-state index in [1.165, 1.54) is 28.7 Å². The standard InChI is InChI=1S/2C8H9NO.2C2H6.2CH4/c2*1-7(10)9-8-5-3-2-4-6-8;2*1-2;;/h2*2-6H,1H3,(H,9,10);2*1-2H3;2*1H4/i;;;;2*1D. The normalized spacial score (nSPS) is 7.85. The Bertz CT molecular complexity index is 499. The quantitative estimate of drug-likeness (QED) is 0.629. The maximum atomic E-state index is 10.5. The van der Waals surface area contributed by atoms with Crippen LogP contribution in [0.2, 0.25) is 0 Å². The average molecular weight is 365 g/mol. The van der Waals surface area contributed by atoms with Crippen molar-refractivity contribution in [2.24, 2.45) is 0 Å². The monoisotopic (exact) mass is 364 g/mol. The van der Waals surface area contributed by atoms with Crippen LogP contribution in [0.15, 0.2) is 60.7 Å². The average Bonchev–Trinajstić information content (AvgIpc) is 2.75. The molecule has 0 heterocycles. The van der Waals surface area contributed by atoms with E-state index in [9.17, 15) is 9.59 Å². The Hall–Kier alpha value is -2.62. The molecule has 0 fully saturated rings. The Balaban J connectivity index is -0.000000152. The maximum Gasteiger partial charge on any atom is 0.221 e. The number of para-hydroxylation sites is 2. The minimum Gasteiger partial charge on any atom is -0.326 e. The van der Waals surface area contributed by atoms with Crippen molar-refractivity contribution in [1.29, 1.82) is 0 Å². The van der Waals surface area contributed by atoms with E-state index in [1.54, 1.807) is 0 Å². The first-order valence-electron chi connectivity index (χ1n) is 10.2. The van der Waals surface area contributed by atoms with Gasteiger partial charge in [-0.1, -0.05) is 78.9 Å². The van der Waals surface area contributed by atoms with Gasteiger partial charge in [0.25, 0.3) is 0 Å².